The maximum absolute atomic E-state index is 13.3. The van der Waals surface area contributed by atoms with Gasteiger partial charge in [0.1, 0.15) is 11.6 Å². The molecule has 1 aliphatic carbocycles. The van der Waals surface area contributed by atoms with E-state index in [1.165, 1.54) is 0 Å². The van der Waals surface area contributed by atoms with E-state index < -0.39 is 23.3 Å². The SMILES string of the molecule is CNC(=O)CC1(NC(=O)[C@H](Cc2ccccc2)NC(=O)OC(C)(C)C)CCCCC1. The third-order valence-corrected chi connectivity index (χ3v) is 5.27. The Morgan fingerprint density at radius 3 is 2.27 bits per heavy atom. The number of ether oxygens (including phenoxy) is 1. The summed E-state index contributed by atoms with van der Waals surface area (Å²) in [4.78, 5) is 37.8. The number of benzene rings is 1. The van der Waals surface area contributed by atoms with Crippen LogP contribution >= 0.6 is 0 Å². The number of carbonyl (C=O) groups excluding carboxylic acids is 3. The van der Waals surface area contributed by atoms with Crippen molar-refractivity contribution in [2.24, 2.45) is 0 Å². The zero-order valence-corrected chi connectivity index (χ0v) is 18.5. The van der Waals surface area contributed by atoms with E-state index in [-0.39, 0.29) is 18.2 Å². The van der Waals surface area contributed by atoms with Crippen LogP contribution in [0.2, 0.25) is 0 Å². The zero-order chi connectivity index (χ0) is 22.2. The van der Waals surface area contributed by atoms with Crippen LogP contribution in [0.1, 0.15) is 64.9 Å². The topological polar surface area (TPSA) is 96.5 Å². The summed E-state index contributed by atoms with van der Waals surface area (Å²) < 4.78 is 5.36. The summed E-state index contributed by atoms with van der Waals surface area (Å²) in [6.07, 6.45) is 4.44. The second kappa shape index (κ2) is 10.5. The van der Waals surface area contributed by atoms with Crippen LogP contribution in [0.5, 0.6) is 0 Å². The van der Waals surface area contributed by atoms with Gasteiger partial charge in [-0.05, 0) is 39.2 Å². The predicted molar refractivity (Wildman–Crippen MR) is 116 cm³/mol. The molecule has 3 N–H and O–H groups in total. The largest absolute Gasteiger partial charge is 0.444 e. The maximum Gasteiger partial charge on any atom is 0.408 e. The molecule has 30 heavy (non-hydrogen) atoms. The third kappa shape index (κ3) is 7.69. The van der Waals surface area contributed by atoms with E-state index in [2.05, 4.69) is 16.0 Å². The summed E-state index contributed by atoms with van der Waals surface area (Å²) in [6.45, 7) is 5.33. The summed E-state index contributed by atoms with van der Waals surface area (Å²) >= 11 is 0. The minimum atomic E-state index is -0.800. The van der Waals surface area contributed by atoms with Crippen molar-refractivity contribution in [1.82, 2.24) is 16.0 Å². The van der Waals surface area contributed by atoms with Gasteiger partial charge in [0.2, 0.25) is 11.8 Å². The lowest BCUT2D eigenvalue weighted by molar-refractivity contribution is -0.127. The van der Waals surface area contributed by atoms with Crippen LogP contribution in [-0.4, -0.2) is 42.1 Å². The summed E-state index contributed by atoms with van der Waals surface area (Å²) in [6, 6.07) is 8.72. The first-order valence-electron chi connectivity index (χ1n) is 10.7. The van der Waals surface area contributed by atoms with Crippen LogP contribution in [0.25, 0.3) is 0 Å². The fraction of sp³-hybridized carbons (Fsp3) is 0.609. The summed E-state index contributed by atoms with van der Waals surface area (Å²) in [7, 11) is 1.60. The highest BCUT2D eigenvalue weighted by atomic mass is 16.6. The Bertz CT molecular complexity index is 722. The Labute approximate surface area is 179 Å². The molecule has 1 aromatic rings. The average Bonchev–Trinajstić information content (AvgIpc) is 2.67. The molecule has 0 aliphatic heterocycles. The van der Waals surface area contributed by atoms with Gasteiger partial charge in [-0.25, -0.2) is 4.79 Å². The quantitative estimate of drug-likeness (QED) is 0.635. The smallest absolute Gasteiger partial charge is 0.408 e. The van der Waals surface area contributed by atoms with E-state index in [0.29, 0.717) is 6.42 Å². The van der Waals surface area contributed by atoms with Crippen LogP contribution < -0.4 is 16.0 Å². The number of carbonyl (C=O) groups is 3. The minimum absolute atomic E-state index is 0.100. The molecular weight excluding hydrogens is 382 g/mol. The number of hydrogen-bond acceptors (Lipinski definition) is 4. The Morgan fingerprint density at radius 1 is 1.07 bits per heavy atom. The second-order valence-corrected chi connectivity index (χ2v) is 9.07. The number of alkyl carbamates (subject to hydrolysis) is 1. The van der Waals surface area contributed by atoms with Crippen LogP contribution in [0, 0.1) is 0 Å². The van der Waals surface area contributed by atoms with Gasteiger partial charge in [-0.2, -0.15) is 0 Å². The van der Waals surface area contributed by atoms with E-state index in [0.717, 1.165) is 37.7 Å². The van der Waals surface area contributed by atoms with Crippen molar-refractivity contribution < 1.29 is 19.1 Å². The molecule has 2 rings (SSSR count). The Balaban J connectivity index is 2.18. The van der Waals surface area contributed by atoms with Gasteiger partial charge in [0.15, 0.2) is 0 Å². The van der Waals surface area contributed by atoms with Crippen molar-refractivity contribution in [3.05, 3.63) is 35.9 Å². The lowest BCUT2D eigenvalue weighted by Gasteiger charge is -2.38. The Morgan fingerprint density at radius 2 is 1.70 bits per heavy atom. The fourth-order valence-electron chi connectivity index (χ4n) is 3.83. The molecule has 0 radical (unpaired) electrons. The number of amides is 3. The monoisotopic (exact) mass is 417 g/mol. The molecule has 166 valence electrons. The Kier molecular flexibility index (Phi) is 8.26. The molecule has 0 saturated heterocycles. The van der Waals surface area contributed by atoms with Crippen LogP contribution in [0.3, 0.4) is 0 Å². The standard InChI is InChI=1S/C23H35N3O4/c1-22(2,3)30-21(29)25-18(15-17-11-7-5-8-12-17)20(28)26-23(16-19(27)24-4)13-9-6-10-14-23/h5,7-8,11-12,18H,6,9-10,13-16H2,1-4H3,(H,24,27)(H,25,29)(H,26,28)/t18-/m0/s1. The molecule has 0 heterocycles. The fourth-order valence-corrected chi connectivity index (χ4v) is 3.83. The predicted octanol–water partition coefficient (Wildman–Crippen LogP) is 3.08. The summed E-state index contributed by atoms with van der Waals surface area (Å²) in [5.41, 5.74) is -0.320. The molecule has 0 unspecified atom stereocenters. The molecule has 1 atom stereocenters. The highest BCUT2D eigenvalue weighted by Crippen LogP contribution is 2.31. The first kappa shape index (κ1) is 23.7. The van der Waals surface area contributed by atoms with Gasteiger partial charge >= 0.3 is 6.09 Å². The van der Waals surface area contributed by atoms with Crippen molar-refractivity contribution in [3.8, 4) is 0 Å². The number of rotatable bonds is 7. The van der Waals surface area contributed by atoms with E-state index in [9.17, 15) is 14.4 Å². The van der Waals surface area contributed by atoms with E-state index in [1.54, 1.807) is 27.8 Å². The van der Waals surface area contributed by atoms with Gasteiger partial charge in [0, 0.05) is 25.4 Å². The van der Waals surface area contributed by atoms with Crippen molar-refractivity contribution in [2.75, 3.05) is 7.05 Å². The van der Waals surface area contributed by atoms with Gasteiger partial charge in [-0.1, -0.05) is 49.6 Å². The van der Waals surface area contributed by atoms with Gasteiger partial charge in [0.25, 0.3) is 0 Å². The van der Waals surface area contributed by atoms with Crippen molar-refractivity contribution in [1.29, 1.82) is 0 Å². The normalized spacial score (nSPS) is 16.8. The van der Waals surface area contributed by atoms with E-state index >= 15 is 0 Å². The molecule has 0 aromatic heterocycles. The Hall–Kier alpha value is -2.57. The molecule has 0 bridgehead atoms. The first-order valence-corrected chi connectivity index (χ1v) is 10.7. The summed E-state index contributed by atoms with van der Waals surface area (Å²) in [5.74, 6) is -0.396. The second-order valence-electron chi connectivity index (χ2n) is 9.07. The lowest BCUT2D eigenvalue weighted by atomic mass is 9.78. The minimum Gasteiger partial charge on any atom is -0.444 e. The molecule has 1 aliphatic rings. The molecule has 1 aromatic carbocycles. The lowest BCUT2D eigenvalue weighted by Crippen LogP contribution is -2.58. The highest BCUT2D eigenvalue weighted by Gasteiger charge is 2.37. The molecular formula is C23H35N3O4. The van der Waals surface area contributed by atoms with Crippen LogP contribution in [-0.2, 0) is 20.7 Å². The van der Waals surface area contributed by atoms with Crippen LogP contribution in [0.15, 0.2) is 30.3 Å². The number of hydrogen-bond donors (Lipinski definition) is 3. The third-order valence-electron chi connectivity index (χ3n) is 5.27. The maximum atomic E-state index is 13.3. The molecule has 3 amide bonds. The van der Waals surface area contributed by atoms with Gasteiger partial charge in [-0.15, -0.1) is 0 Å². The highest BCUT2D eigenvalue weighted by molar-refractivity contribution is 5.87. The van der Waals surface area contributed by atoms with Gasteiger partial charge in [0.05, 0.1) is 0 Å². The molecule has 1 saturated carbocycles. The van der Waals surface area contributed by atoms with E-state index in [1.807, 2.05) is 30.3 Å². The molecule has 7 heteroatoms. The first-order chi connectivity index (χ1) is 14.1. The number of nitrogens with one attached hydrogen (secondary N) is 3. The van der Waals surface area contributed by atoms with Crippen LogP contribution in [0.4, 0.5) is 4.79 Å². The van der Waals surface area contributed by atoms with Crippen molar-refractivity contribution in [2.45, 2.75) is 82.9 Å². The van der Waals surface area contributed by atoms with Gasteiger partial charge in [-0.3, -0.25) is 9.59 Å². The van der Waals surface area contributed by atoms with Gasteiger partial charge < -0.3 is 20.7 Å². The zero-order valence-electron chi connectivity index (χ0n) is 18.5. The van der Waals surface area contributed by atoms with Crippen molar-refractivity contribution in [3.63, 3.8) is 0 Å². The molecule has 7 nitrogen and oxygen atoms in total. The summed E-state index contributed by atoms with van der Waals surface area (Å²) in [5, 5.41) is 8.50. The molecule has 0 spiro atoms. The van der Waals surface area contributed by atoms with E-state index in [4.69, 9.17) is 4.74 Å². The van der Waals surface area contributed by atoms with Crippen molar-refractivity contribution >= 4 is 17.9 Å². The molecule has 1 fully saturated rings. The average molecular weight is 418 g/mol.